The Morgan fingerprint density at radius 2 is 2.00 bits per heavy atom. The second-order valence-corrected chi connectivity index (χ2v) is 5.20. The van der Waals surface area contributed by atoms with Crippen molar-refractivity contribution in [1.29, 1.82) is 0 Å². The van der Waals surface area contributed by atoms with E-state index < -0.39 is 24.2 Å². The summed E-state index contributed by atoms with van der Waals surface area (Å²) in [6.07, 6.45) is -1.54. The van der Waals surface area contributed by atoms with E-state index in [1.165, 1.54) is 0 Å². The van der Waals surface area contributed by atoms with Crippen LogP contribution in [0.3, 0.4) is 0 Å². The number of carboxylic acid groups (broad SMARTS) is 1. The Bertz CT molecular complexity index is 652. The lowest BCUT2D eigenvalue weighted by atomic mass is 10.1. The highest BCUT2D eigenvalue weighted by molar-refractivity contribution is 5.85. The number of fused-ring (bicyclic) bond motifs is 1. The number of rotatable bonds is 4. The van der Waals surface area contributed by atoms with Crippen LogP contribution in [0.1, 0.15) is 5.56 Å². The number of benzene rings is 2. The van der Waals surface area contributed by atoms with E-state index in [9.17, 15) is 9.90 Å². The number of hydrogen-bond donors (Lipinski definition) is 3. The minimum Gasteiger partial charge on any atom is -0.480 e. The van der Waals surface area contributed by atoms with Crippen LogP contribution in [0, 0.1) is 0 Å². The summed E-state index contributed by atoms with van der Waals surface area (Å²) in [5.41, 5.74) is 1.03. The van der Waals surface area contributed by atoms with E-state index in [4.69, 9.17) is 9.84 Å². The first-order valence-corrected chi connectivity index (χ1v) is 6.89. The average Bonchev–Trinajstić information content (AvgIpc) is 2.86. The van der Waals surface area contributed by atoms with E-state index in [1.807, 2.05) is 42.5 Å². The lowest BCUT2D eigenvalue weighted by Gasteiger charge is -2.17. The van der Waals surface area contributed by atoms with Crippen molar-refractivity contribution in [2.45, 2.75) is 24.9 Å². The van der Waals surface area contributed by atoms with Gasteiger partial charge >= 0.3 is 5.97 Å². The van der Waals surface area contributed by atoms with Crippen molar-refractivity contribution in [3.8, 4) is 0 Å². The number of aliphatic hydroxyl groups excluding tert-OH is 1. The van der Waals surface area contributed by atoms with Gasteiger partial charge in [-0.3, -0.25) is 10.1 Å². The summed E-state index contributed by atoms with van der Waals surface area (Å²) in [5, 5.41) is 23.9. The fourth-order valence-electron chi connectivity index (χ4n) is 2.71. The average molecular weight is 287 g/mol. The van der Waals surface area contributed by atoms with Crippen LogP contribution in [0.4, 0.5) is 0 Å². The van der Waals surface area contributed by atoms with Crippen molar-refractivity contribution < 1.29 is 19.7 Å². The van der Waals surface area contributed by atoms with Gasteiger partial charge in [0, 0.05) is 6.54 Å². The Labute approximate surface area is 122 Å². The number of hydrogen-bond acceptors (Lipinski definition) is 4. The Kier molecular flexibility index (Phi) is 3.88. The van der Waals surface area contributed by atoms with Crippen LogP contribution in [0.15, 0.2) is 42.5 Å². The largest absolute Gasteiger partial charge is 0.480 e. The molecule has 5 heteroatoms. The molecule has 0 spiro atoms. The van der Waals surface area contributed by atoms with Crippen LogP contribution in [0.2, 0.25) is 0 Å². The first-order chi connectivity index (χ1) is 10.2. The van der Waals surface area contributed by atoms with Crippen molar-refractivity contribution in [2.24, 2.45) is 0 Å². The van der Waals surface area contributed by atoms with Crippen molar-refractivity contribution in [3.63, 3.8) is 0 Å². The topological polar surface area (TPSA) is 78.8 Å². The molecule has 1 heterocycles. The van der Waals surface area contributed by atoms with Crippen LogP contribution >= 0.6 is 0 Å². The Morgan fingerprint density at radius 3 is 2.76 bits per heavy atom. The summed E-state index contributed by atoms with van der Waals surface area (Å²) in [5.74, 6) is -1.06. The van der Waals surface area contributed by atoms with Gasteiger partial charge in [0.25, 0.3) is 0 Å². The predicted molar refractivity (Wildman–Crippen MR) is 78.0 cm³/mol. The number of ether oxygens (including phenoxy) is 1. The number of carboxylic acids is 1. The zero-order valence-electron chi connectivity index (χ0n) is 11.4. The molecule has 5 nitrogen and oxygen atoms in total. The van der Waals surface area contributed by atoms with E-state index in [1.54, 1.807) is 0 Å². The first-order valence-electron chi connectivity index (χ1n) is 6.89. The highest BCUT2D eigenvalue weighted by Crippen LogP contribution is 2.21. The lowest BCUT2D eigenvalue weighted by molar-refractivity contribution is -0.142. The molecule has 1 aliphatic heterocycles. The maximum atomic E-state index is 10.9. The fraction of sp³-hybridized carbons (Fsp3) is 0.312. The maximum absolute atomic E-state index is 10.9. The summed E-state index contributed by atoms with van der Waals surface area (Å²) in [7, 11) is 0. The molecule has 0 amide bonds. The molecule has 2 aromatic carbocycles. The quantitative estimate of drug-likeness (QED) is 0.786. The van der Waals surface area contributed by atoms with Crippen LogP contribution < -0.4 is 5.32 Å². The molecule has 0 radical (unpaired) electrons. The highest BCUT2D eigenvalue weighted by atomic mass is 16.5. The standard InChI is InChI=1S/C16H17NO4/c18-15-13(8-17-14(15)16(19)20)21-9-11-6-3-5-10-4-1-2-7-12(10)11/h1-7,13-15,17-18H,8-9H2,(H,19,20)/t13-,14+,15+/m0/s1. The molecule has 3 N–H and O–H groups in total. The maximum Gasteiger partial charge on any atom is 0.323 e. The fourth-order valence-corrected chi connectivity index (χ4v) is 2.71. The van der Waals surface area contributed by atoms with E-state index >= 15 is 0 Å². The molecular weight excluding hydrogens is 270 g/mol. The zero-order valence-corrected chi connectivity index (χ0v) is 11.4. The molecule has 0 aromatic heterocycles. The smallest absolute Gasteiger partial charge is 0.323 e. The Morgan fingerprint density at radius 1 is 1.24 bits per heavy atom. The van der Waals surface area contributed by atoms with Crippen molar-refractivity contribution in [3.05, 3.63) is 48.0 Å². The van der Waals surface area contributed by atoms with Gasteiger partial charge in [0.05, 0.1) is 12.7 Å². The van der Waals surface area contributed by atoms with E-state index in [0.29, 0.717) is 13.2 Å². The van der Waals surface area contributed by atoms with Gasteiger partial charge < -0.3 is 14.9 Å². The Hall–Kier alpha value is -1.95. The summed E-state index contributed by atoms with van der Waals surface area (Å²) < 4.78 is 5.71. The van der Waals surface area contributed by atoms with Gasteiger partial charge in [0.1, 0.15) is 12.1 Å². The van der Waals surface area contributed by atoms with Gasteiger partial charge in [0.15, 0.2) is 0 Å². The van der Waals surface area contributed by atoms with Gasteiger partial charge in [-0.15, -0.1) is 0 Å². The van der Waals surface area contributed by atoms with Gasteiger partial charge in [-0.25, -0.2) is 0 Å². The van der Waals surface area contributed by atoms with Crippen LogP contribution in [0.5, 0.6) is 0 Å². The molecule has 1 fully saturated rings. The highest BCUT2D eigenvalue weighted by Gasteiger charge is 2.39. The van der Waals surface area contributed by atoms with E-state index in [2.05, 4.69) is 5.32 Å². The molecule has 3 rings (SSSR count). The molecule has 2 aromatic rings. The Balaban J connectivity index is 1.71. The van der Waals surface area contributed by atoms with Crippen molar-refractivity contribution in [1.82, 2.24) is 5.32 Å². The minimum absolute atomic E-state index is 0.336. The summed E-state index contributed by atoms with van der Waals surface area (Å²) >= 11 is 0. The van der Waals surface area contributed by atoms with Crippen molar-refractivity contribution >= 4 is 16.7 Å². The van der Waals surface area contributed by atoms with Crippen LogP contribution in [-0.4, -0.2) is 41.0 Å². The van der Waals surface area contributed by atoms with Gasteiger partial charge in [-0.05, 0) is 16.3 Å². The molecule has 1 aliphatic rings. The van der Waals surface area contributed by atoms with Gasteiger partial charge in [-0.1, -0.05) is 42.5 Å². The molecule has 1 saturated heterocycles. The number of carbonyl (C=O) groups is 1. The zero-order chi connectivity index (χ0) is 14.8. The summed E-state index contributed by atoms with van der Waals surface area (Å²) in [4.78, 5) is 10.9. The second-order valence-electron chi connectivity index (χ2n) is 5.20. The summed E-state index contributed by atoms with van der Waals surface area (Å²) in [6, 6.07) is 13.0. The van der Waals surface area contributed by atoms with Gasteiger partial charge in [-0.2, -0.15) is 0 Å². The molecule has 21 heavy (non-hydrogen) atoms. The number of aliphatic carboxylic acids is 1. The molecule has 0 aliphatic carbocycles. The first kappa shape index (κ1) is 14.0. The third-order valence-corrected chi connectivity index (χ3v) is 3.86. The second kappa shape index (κ2) is 5.81. The lowest BCUT2D eigenvalue weighted by Crippen LogP contribution is -2.40. The minimum atomic E-state index is -1.06. The number of nitrogens with one attached hydrogen (secondary N) is 1. The van der Waals surface area contributed by atoms with Gasteiger partial charge in [0.2, 0.25) is 0 Å². The molecule has 0 unspecified atom stereocenters. The van der Waals surface area contributed by atoms with Crippen LogP contribution in [-0.2, 0) is 16.1 Å². The summed E-state index contributed by atoms with van der Waals surface area (Å²) in [6.45, 7) is 0.681. The van der Waals surface area contributed by atoms with Crippen molar-refractivity contribution in [2.75, 3.05) is 6.54 Å². The normalized spacial score (nSPS) is 25.3. The molecule has 0 bridgehead atoms. The molecule has 0 saturated carbocycles. The predicted octanol–water partition coefficient (Wildman–Crippen LogP) is 1.14. The van der Waals surface area contributed by atoms with E-state index in [-0.39, 0.29) is 0 Å². The molecule has 110 valence electrons. The third kappa shape index (κ3) is 2.76. The molecular formula is C16H17NO4. The molecule has 3 atom stereocenters. The van der Waals surface area contributed by atoms with Crippen LogP contribution in [0.25, 0.3) is 10.8 Å². The monoisotopic (exact) mass is 287 g/mol. The number of aliphatic hydroxyl groups is 1. The SMILES string of the molecule is O=C(O)[C@@H]1NC[C@H](OCc2cccc3ccccc23)[C@H]1O. The third-order valence-electron chi connectivity index (χ3n) is 3.86. The van der Waals surface area contributed by atoms with E-state index in [0.717, 1.165) is 16.3 Å².